The maximum Gasteiger partial charge on any atom is 0.319 e. The van der Waals surface area contributed by atoms with E-state index in [9.17, 15) is 9.59 Å². The van der Waals surface area contributed by atoms with Gasteiger partial charge in [-0.2, -0.15) is 0 Å². The molecule has 2 aliphatic heterocycles. The average Bonchev–Trinajstić information content (AvgIpc) is 3.31. The lowest BCUT2D eigenvalue weighted by Crippen LogP contribution is -2.22. The van der Waals surface area contributed by atoms with E-state index in [1.54, 1.807) is 23.5 Å². The predicted octanol–water partition coefficient (Wildman–Crippen LogP) is 3.90. The number of benzene rings is 2. The van der Waals surface area contributed by atoms with E-state index in [1.165, 1.54) is 11.1 Å². The molecule has 0 radical (unpaired) electrons. The van der Waals surface area contributed by atoms with E-state index in [0.717, 1.165) is 9.79 Å². The Morgan fingerprint density at radius 1 is 0.778 bits per heavy atom. The van der Waals surface area contributed by atoms with Crippen LogP contribution in [0.3, 0.4) is 0 Å². The molecule has 0 aliphatic carbocycles. The topological polar surface area (TPSA) is 52.6 Å². The maximum absolute atomic E-state index is 12.2. The van der Waals surface area contributed by atoms with Crippen molar-refractivity contribution in [3.8, 4) is 0 Å². The first-order valence-corrected chi connectivity index (χ1v) is 10.8. The molecule has 0 bridgehead atoms. The van der Waals surface area contributed by atoms with Crippen LogP contribution in [-0.4, -0.2) is 35.7 Å². The molecule has 2 heterocycles. The Balaban J connectivity index is 1.13. The third-order valence-corrected chi connectivity index (χ3v) is 7.19. The largest absolute Gasteiger partial charge is 0.465 e. The molecule has 0 amide bonds. The Hall–Kier alpha value is -1.92. The summed E-state index contributed by atoms with van der Waals surface area (Å²) in [5, 5.41) is -0.336. The Bertz CT molecular complexity index is 732. The van der Waals surface area contributed by atoms with Gasteiger partial charge in [0.25, 0.3) is 0 Å². The SMILES string of the molecule is O=C(OCCCOC(=O)C1Cc2ccccc2S1)C1Cc2ccccc2S1. The zero-order valence-corrected chi connectivity index (χ0v) is 16.4. The molecule has 2 aromatic rings. The van der Waals surface area contributed by atoms with Crippen molar-refractivity contribution in [2.24, 2.45) is 0 Å². The summed E-state index contributed by atoms with van der Waals surface area (Å²) < 4.78 is 10.7. The smallest absolute Gasteiger partial charge is 0.319 e. The second kappa shape index (κ2) is 8.40. The molecular formula is C21H20O4S2. The minimum atomic E-state index is -0.190. The molecule has 27 heavy (non-hydrogen) atoms. The summed E-state index contributed by atoms with van der Waals surface area (Å²) in [5.74, 6) is -0.381. The maximum atomic E-state index is 12.2. The fraction of sp³-hybridized carbons (Fsp3) is 0.333. The number of carbonyl (C=O) groups is 2. The Morgan fingerprint density at radius 3 is 1.67 bits per heavy atom. The van der Waals surface area contributed by atoms with Gasteiger partial charge in [-0.3, -0.25) is 9.59 Å². The summed E-state index contributed by atoms with van der Waals surface area (Å²) in [6.45, 7) is 0.551. The first kappa shape index (κ1) is 18.4. The third-order valence-electron chi connectivity index (χ3n) is 4.60. The molecule has 4 nitrogen and oxygen atoms in total. The van der Waals surface area contributed by atoms with Crippen molar-refractivity contribution < 1.29 is 19.1 Å². The van der Waals surface area contributed by atoms with Crippen molar-refractivity contribution >= 4 is 35.5 Å². The summed E-state index contributed by atoms with van der Waals surface area (Å²) in [6, 6.07) is 16.1. The van der Waals surface area contributed by atoms with Gasteiger partial charge in [-0.1, -0.05) is 36.4 Å². The van der Waals surface area contributed by atoms with E-state index in [4.69, 9.17) is 9.47 Å². The monoisotopic (exact) mass is 400 g/mol. The summed E-state index contributed by atoms with van der Waals surface area (Å²) in [6.07, 6.45) is 1.95. The molecule has 2 aromatic carbocycles. The fourth-order valence-electron chi connectivity index (χ4n) is 3.22. The van der Waals surface area contributed by atoms with Crippen LogP contribution in [0.5, 0.6) is 0 Å². The van der Waals surface area contributed by atoms with Gasteiger partial charge in [0.1, 0.15) is 10.5 Å². The lowest BCUT2D eigenvalue weighted by molar-refractivity contribution is -0.145. The highest BCUT2D eigenvalue weighted by Crippen LogP contribution is 2.38. The van der Waals surface area contributed by atoms with Crippen LogP contribution in [0.25, 0.3) is 0 Å². The summed E-state index contributed by atoms with van der Waals surface area (Å²) >= 11 is 3.12. The zero-order valence-electron chi connectivity index (χ0n) is 14.8. The second-order valence-electron chi connectivity index (χ2n) is 6.53. The van der Waals surface area contributed by atoms with Crippen LogP contribution in [0, 0.1) is 0 Å². The first-order chi connectivity index (χ1) is 13.2. The number of esters is 2. The molecule has 0 N–H and O–H groups in total. The van der Waals surface area contributed by atoms with Gasteiger partial charge < -0.3 is 9.47 Å². The minimum Gasteiger partial charge on any atom is -0.465 e. The highest BCUT2D eigenvalue weighted by atomic mass is 32.2. The molecule has 0 aromatic heterocycles. The molecule has 0 saturated carbocycles. The van der Waals surface area contributed by atoms with Crippen LogP contribution in [0.2, 0.25) is 0 Å². The van der Waals surface area contributed by atoms with E-state index in [1.807, 2.05) is 48.5 Å². The molecule has 2 unspecified atom stereocenters. The number of hydrogen-bond acceptors (Lipinski definition) is 6. The number of hydrogen-bond donors (Lipinski definition) is 0. The normalized spacial score (nSPS) is 20.0. The number of carbonyl (C=O) groups excluding carboxylic acids is 2. The lowest BCUT2D eigenvalue weighted by atomic mass is 10.1. The fourth-order valence-corrected chi connectivity index (χ4v) is 5.60. The molecule has 4 rings (SSSR count). The number of thioether (sulfide) groups is 2. The Kier molecular flexibility index (Phi) is 5.74. The molecule has 6 heteroatoms. The van der Waals surface area contributed by atoms with E-state index in [-0.39, 0.29) is 35.7 Å². The van der Waals surface area contributed by atoms with Gasteiger partial charge in [-0.15, -0.1) is 23.5 Å². The zero-order chi connectivity index (χ0) is 18.6. The van der Waals surface area contributed by atoms with Gasteiger partial charge in [0.15, 0.2) is 0 Å². The highest BCUT2D eigenvalue weighted by molar-refractivity contribution is 8.01. The summed E-state index contributed by atoms with van der Waals surface area (Å²) in [7, 11) is 0. The average molecular weight is 401 g/mol. The van der Waals surface area contributed by atoms with Crippen molar-refractivity contribution in [3.05, 3.63) is 59.7 Å². The molecule has 0 fully saturated rings. The van der Waals surface area contributed by atoms with Crippen LogP contribution < -0.4 is 0 Å². The first-order valence-electron chi connectivity index (χ1n) is 9.03. The van der Waals surface area contributed by atoms with Crippen molar-refractivity contribution in [1.29, 1.82) is 0 Å². The van der Waals surface area contributed by atoms with E-state index in [2.05, 4.69) is 0 Å². The van der Waals surface area contributed by atoms with Crippen LogP contribution in [0.1, 0.15) is 17.5 Å². The van der Waals surface area contributed by atoms with Gasteiger partial charge in [-0.05, 0) is 36.1 Å². The molecular weight excluding hydrogens is 380 g/mol. The van der Waals surface area contributed by atoms with Gasteiger partial charge in [0.05, 0.1) is 13.2 Å². The second-order valence-corrected chi connectivity index (χ2v) is 9.01. The Morgan fingerprint density at radius 2 is 1.22 bits per heavy atom. The van der Waals surface area contributed by atoms with Crippen molar-refractivity contribution in [2.75, 3.05) is 13.2 Å². The highest BCUT2D eigenvalue weighted by Gasteiger charge is 2.30. The van der Waals surface area contributed by atoms with Crippen LogP contribution in [0.4, 0.5) is 0 Å². The molecule has 2 aliphatic rings. The lowest BCUT2D eigenvalue weighted by Gasteiger charge is -2.11. The number of fused-ring (bicyclic) bond motifs is 2. The summed E-state index contributed by atoms with van der Waals surface area (Å²) in [5.41, 5.74) is 2.40. The Labute approximate surface area is 167 Å². The van der Waals surface area contributed by atoms with Crippen molar-refractivity contribution in [3.63, 3.8) is 0 Å². The van der Waals surface area contributed by atoms with E-state index < -0.39 is 0 Å². The van der Waals surface area contributed by atoms with Gasteiger partial charge in [-0.25, -0.2) is 0 Å². The van der Waals surface area contributed by atoms with Crippen molar-refractivity contribution in [2.45, 2.75) is 39.6 Å². The predicted molar refractivity (Wildman–Crippen MR) is 106 cm³/mol. The van der Waals surface area contributed by atoms with Crippen LogP contribution in [-0.2, 0) is 31.9 Å². The van der Waals surface area contributed by atoms with Crippen molar-refractivity contribution in [1.82, 2.24) is 0 Å². The minimum absolute atomic E-state index is 0.168. The standard InChI is InChI=1S/C21H20O4S2/c22-20(18-12-14-6-1-3-8-16(14)26-18)24-10-5-11-25-21(23)19-13-15-7-2-4-9-17(15)27-19/h1-4,6-9,18-19H,5,10-13H2. The van der Waals surface area contributed by atoms with Crippen LogP contribution in [0.15, 0.2) is 58.3 Å². The molecule has 140 valence electrons. The summed E-state index contributed by atoms with van der Waals surface area (Å²) in [4.78, 5) is 26.7. The molecule has 2 atom stereocenters. The number of ether oxygens (including phenoxy) is 2. The third kappa shape index (κ3) is 4.33. The van der Waals surface area contributed by atoms with Gasteiger partial charge >= 0.3 is 11.9 Å². The molecule has 0 spiro atoms. The van der Waals surface area contributed by atoms with E-state index >= 15 is 0 Å². The van der Waals surface area contributed by atoms with E-state index in [0.29, 0.717) is 19.3 Å². The van der Waals surface area contributed by atoms with Crippen LogP contribution >= 0.6 is 23.5 Å². The van der Waals surface area contributed by atoms with Gasteiger partial charge in [0, 0.05) is 16.2 Å². The quantitative estimate of drug-likeness (QED) is 0.542. The number of rotatable bonds is 6. The molecule has 0 saturated heterocycles. The van der Waals surface area contributed by atoms with Gasteiger partial charge in [0.2, 0.25) is 0 Å².